The standard InChI is InChI=1S/C28H32N2O6/c1-3-35-22-6-4-5-19(17-22)25-24(26(31)20-7-8-23-21(16-20)15-18(2)36-23)27(32)28(33)30(25)10-9-29-11-13-34-14-12-29/h4-8,16-18,25,31H,3,9-15H2,1-2H3/t18-,25+/m0/s1. The Morgan fingerprint density at radius 2 is 1.92 bits per heavy atom. The fourth-order valence-corrected chi connectivity index (χ4v) is 5.20. The van der Waals surface area contributed by atoms with Gasteiger partial charge in [0.2, 0.25) is 0 Å². The van der Waals surface area contributed by atoms with Gasteiger partial charge in [-0.25, -0.2) is 0 Å². The minimum absolute atomic E-state index is 0.0597. The third-order valence-electron chi connectivity index (χ3n) is 6.96. The van der Waals surface area contributed by atoms with E-state index in [1.165, 1.54) is 0 Å². The van der Waals surface area contributed by atoms with Crippen LogP contribution in [-0.2, 0) is 20.7 Å². The number of Topliss-reactive ketones (excluding diaryl/α,β-unsaturated/α-hetero) is 1. The molecule has 1 amide bonds. The number of aliphatic hydroxyl groups excluding tert-OH is 1. The summed E-state index contributed by atoms with van der Waals surface area (Å²) in [5.74, 6) is -0.0130. The lowest BCUT2D eigenvalue weighted by molar-refractivity contribution is -0.140. The Morgan fingerprint density at radius 1 is 1.11 bits per heavy atom. The molecule has 0 unspecified atom stereocenters. The van der Waals surface area contributed by atoms with E-state index in [9.17, 15) is 14.7 Å². The monoisotopic (exact) mass is 492 g/mol. The molecule has 2 fully saturated rings. The van der Waals surface area contributed by atoms with Crippen LogP contribution in [0.3, 0.4) is 0 Å². The predicted octanol–water partition coefficient (Wildman–Crippen LogP) is 3.16. The lowest BCUT2D eigenvalue weighted by atomic mass is 9.94. The smallest absolute Gasteiger partial charge is 0.295 e. The van der Waals surface area contributed by atoms with Crippen molar-refractivity contribution in [1.29, 1.82) is 0 Å². The molecular weight excluding hydrogens is 460 g/mol. The highest BCUT2D eigenvalue weighted by Crippen LogP contribution is 2.41. The second-order valence-electron chi connectivity index (χ2n) is 9.41. The van der Waals surface area contributed by atoms with Crippen LogP contribution in [0.2, 0.25) is 0 Å². The van der Waals surface area contributed by atoms with E-state index in [1.54, 1.807) is 11.0 Å². The predicted molar refractivity (Wildman–Crippen MR) is 134 cm³/mol. The highest BCUT2D eigenvalue weighted by molar-refractivity contribution is 6.46. The Bertz CT molecular complexity index is 1190. The molecule has 8 heteroatoms. The van der Waals surface area contributed by atoms with Crippen molar-refractivity contribution in [3.8, 4) is 11.5 Å². The molecule has 3 aliphatic heterocycles. The third-order valence-corrected chi connectivity index (χ3v) is 6.96. The number of carbonyl (C=O) groups excluding carboxylic acids is 2. The average molecular weight is 493 g/mol. The summed E-state index contributed by atoms with van der Waals surface area (Å²) in [5, 5.41) is 11.4. The molecule has 0 spiro atoms. The first-order chi connectivity index (χ1) is 17.5. The molecular formula is C28H32N2O6. The Hall–Kier alpha value is -3.36. The first kappa shape index (κ1) is 24.3. The number of morpholine rings is 1. The minimum atomic E-state index is -0.713. The zero-order chi connectivity index (χ0) is 25.2. The number of rotatable bonds is 7. The summed E-state index contributed by atoms with van der Waals surface area (Å²) < 4.78 is 16.9. The van der Waals surface area contributed by atoms with E-state index in [0.29, 0.717) is 44.2 Å². The van der Waals surface area contributed by atoms with Crippen LogP contribution >= 0.6 is 0 Å². The minimum Gasteiger partial charge on any atom is -0.507 e. The zero-order valence-corrected chi connectivity index (χ0v) is 20.7. The fourth-order valence-electron chi connectivity index (χ4n) is 5.20. The van der Waals surface area contributed by atoms with Crippen LogP contribution in [-0.4, -0.2) is 78.7 Å². The van der Waals surface area contributed by atoms with Crippen LogP contribution in [0, 0.1) is 0 Å². The van der Waals surface area contributed by atoms with E-state index >= 15 is 0 Å². The highest BCUT2D eigenvalue weighted by atomic mass is 16.5. The maximum absolute atomic E-state index is 13.4. The Kier molecular flexibility index (Phi) is 6.98. The van der Waals surface area contributed by atoms with Crippen molar-refractivity contribution in [3.05, 3.63) is 64.7 Å². The maximum Gasteiger partial charge on any atom is 0.295 e. The summed E-state index contributed by atoms with van der Waals surface area (Å²) in [5.41, 5.74) is 2.30. The van der Waals surface area contributed by atoms with Crippen molar-refractivity contribution in [2.45, 2.75) is 32.4 Å². The summed E-state index contributed by atoms with van der Waals surface area (Å²) in [6, 6.07) is 12.1. The normalized spacial score (nSPS) is 23.6. The zero-order valence-electron chi connectivity index (χ0n) is 20.7. The SMILES string of the molecule is CCOc1cccc([C@@H]2C(=C(O)c3ccc4c(c3)C[C@H](C)O4)C(=O)C(=O)N2CCN2CCOCC2)c1. The summed E-state index contributed by atoms with van der Waals surface area (Å²) >= 11 is 0. The first-order valence-electron chi connectivity index (χ1n) is 12.6. The summed E-state index contributed by atoms with van der Waals surface area (Å²) in [4.78, 5) is 30.4. The van der Waals surface area contributed by atoms with Gasteiger partial charge in [0.1, 0.15) is 23.4 Å². The number of nitrogens with zero attached hydrogens (tertiary/aromatic N) is 2. The van der Waals surface area contributed by atoms with Crippen molar-refractivity contribution in [2.24, 2.45) is 0 Å². The highest BCUT2D eigenvalue weighted by Gasteiger charge is 2.46. The van der Waals surface area contributed by atoms with Crippen molar-refractivity contribution in [2.75, 3.05) is 46.0 Å². The molecule has 2 aromatic rings. The van der Waals surface area contributed by atoms with Gasteiger partial charge in [-0.1, -0.05) is 12.1 Å². The number of likely N-dealkylation sites (tertiary alicyclic amines) is 1. The van der Waals surface area contributed by atoms with E-state index in [1.807, 2.05) is 50.2 Å². The molecule has 1 N–H and O–H groups in total. The fraction of sp³-hybridized carbons (Fsp3) is 0.429. The van der Waals surface area contributed by atoms with Gasteiger partial charge < -0.3 is 24.2 Å². The molecule has 2 aromatic carbocycles. The van der Waals surface area contributed by atoms with E-state index in [0.717, 1.165) is 36.4 Å². The second-order valence-corrected chi connectivity index (χ2v) is 9.41. The quantitative estimate of drug-likeness (QED) is 0.361. The molecule has 2 atom stereocenters. The van der Waals surface area contributed by atoms with Gasteiger partial charge >= 0.3 is 0 Å². The number of hydrogen-bond donors (Lipinski definition) is 1. The maximum atomic E-state index is 13.4. The number of ether oxygens (including phenoxy) is 3. The van der Waals surface area contributed by atoms with E-state index < -0.39 is 17.7 Å². The van der Waals surface area contributed by atoms with Crippen molar-refractivity contribution in [1.82, 2.24) is 9.80 Å². The second kappa shape index (κ2) is 10.3. The molecule has 190 valence electrons. The lowest BCUT2D eigenvalue weighted by Crippen LogP contribution is -2.42. The van der Waals surface area contributed by atoms with Gasteiger partial charge in [0.25, 0.3) is 11.7 Å². The molecule has 8 nitrogen and oxygen atoms in total. The summed E-state index contributed by atoms with van der Waals surface area (Å²) in [6.45, 7) is 8.24. The van der Waals surface area contributed by atoms with Crippen LogP contribution in [0.1, 0.15) is 36.6 Å². The number of aliphatic hydroxyl groups is 1. The molecule has 3 aliphatic rings. The van der Waals surface area contributed by atoms with Crippen molar-refractivity contribution >= 4 is 17.4 Å². The van der Waals surface area contributed by atoms with Crippen LogP contribution in [0.15, 0.2) is 48.0 Å². The van der Waals surface area contributed by atoms with Gasteiger partial charge in [-0.05, 0) is 55.3 Å². The largest absolute Gasteiger partial charge is 0.507 e. The van der Waals surface area contributed by atoms with E-state index in [4.69, 9.17) is 14.2 Å². The Labute approximate surface area is 211 Å². The molecule has 3 heterocycles. The van der Waals surface area contributed by atoms with Crippen molar-refractivity contribution < 1.29 is 28.9 Å². The topological polar surface area (TPSA) is 88.5 Å². The first-order valence-corrected chi connectivity index (χ1v) is 12.6. The number of fused-ring (bicyclic) bond motifs is 1. The van der Waals surface area contributed by atoms with Crippen molar-refractivity contribution in [3.63, 3.8) is 0 Å². The van der Waals surface area contributed by atoms with Gasteiger partial charge in [-0.2, -0.15) is 0 Å². The van der Waals surface area contributed by atoms with Crippen LogP contribution < -0.4 is 9.47 Å². The van der Waals surface area contributed by atoms with Gasteiger partial charge in [0.15, 0.2) is 0 Å². The third kappa shape index (κ3) is 4.70. The van der Waals surface area contributed by atoms with Crippen LogP contribution in [0.5, 0.6) is 11.5 Å². The molecule has 0 radical (unpaired) electrons. The van der Waals surface area contributed by atoms with Gasteiger partial charge in [-0.15, -0.1) is 0 Å². The molecule has 0 saturated carbocycles. The lowest BCUT2D eigenvalue weighted by Gasteiger charge is -2.31. The molecule has 2 saturated heterocycles. The summed E-state index contributed by atoms with van der Waals surface area (Å²) in [6.07, 6.45) is 0.786. The molecule has 0 bridgehead atoms. The number of benzene rings is 2. The average Bonchev–Trinajstić information content (AvgIpc) is 3.38. The van der Waals surface area contributed by atoms with Crippen LogP contribution in [0.25, 0.3) is 5.76 Å². The Morgan fingerprint density at radius 3 is 2.69 bits per heavy atom. The molecule has 36 heavy (non-hydrogen) atoms. The number of ketones is 1. The van der Waals surface area contributed by atoms with E-state index in [-0.39, 0.29) is 17.4 Å². The summed E-state index contributed by atoms with van der Waals surface area (Å²) in [7, 11) is 0. The molecule has 0 aromatic heterocycles. The molecule has 0 aliphatic carbocycles. The number of amides is 1. The number of hydrogen-bond acceptors (Lipinski definition) is 7. The van der Waals surface area contributed by atoms with Gasteiger partial charge in [0.05, 0.1) is 31.4 Å². The van der Waals surface area contributed by atoms with Crippen LogP contribution in [0.4, 0.5) is 0 Å². The Balaban J connectivity index is 1.54. The van der Waals surface area contributed by atoms with E-state index in [2.05, 4.69) is 4.90 Å². The van der Waals surface area contributed by atoms with Gasteiger partial charge in [-0.3, -0.25) is 14.5 Å². The number of carbonyl (C=O) groups is 2. The molecule has 5 rings (SSSR count). The van der Waals surface area contributed by atoms with Gasteiger partial charge in [0, 0.05) is 38.2 Å².